The molecule has 2 aromatic rings. The first-order valence-corrected chi connectivity index (χ1v) is 7.37. The molecular formula is C18H20FNO2. The van der Waals surface area contributed by atoms with Gasteiger partial charge in [0.2, 0.25) is 0 Å². The summed E-state index contributed by atoms with van der Waals surface area (Å²) < 4.78 is 18.4. The maximum absolute atomic E-state index is 12.9. The Morgan fingerprint density at radius 3 is 2.36 bits per heavy atom. The Labute approximate surface area is 130 Å². The van der Waals surface area contributed by atoms with Gasteiger partial charge in [0.1, 0.15) is 11.6 Å². The molecule has 0 radical (unpaired) electrons. The molecule has 0 bridgehead atoms. The van der Waals surface area contributed by atoms with Crippen molar-refractivity contribution in [3.05, 3.63) is 66.0 Å². The molecule has 1 N–H and O–H groups in total. The molecular weight excluding hydrogens is 281 g/mol. The van der Waals surface area contributed by atoms with Crippen molar-refractivity contribution >= 4 is 5.91 Å². The number of hydrogen-bond acceptors (Lipinski definition) is 2. The van der Waals surface area contributed by atoms with Gasteiger partial charge >= 0.3 is 0 Å². The van der Waals surface area contributed by atoms with Gasteiger partial charge in [-0.25, -0.2) is 4.39 Å². The van der Waals surface area contributed by atoms with E-state index in [4.69, 9.17) is 4.74 Å². The van der Waals surface area contributed by atoms with Crippen molar-refractivity contribution in [3.8, 4) is 5.75 Å². The lowest BCUT2D eigenvalue weighted by atomic mass is 10.0. The molecule has 2 aromatic carbocycles. The molecule has 0 aromatic heterocycles. The van der Waals surface area contributed by atoms with Crippen LogP contribution in [0.5, 0.6) is 5.75 Å². The average molecular weight is 301 g/mol. The van der Waals surface area contributed by atoms with Crippen LogP contribution in [0.4, 0.5) is 4.39 Å². The quantitative estimate of drug-likeness (QED) is 0.880. The minimum Gasteiger partial charge on any atom is -0.481 e. The van der Waals surface area contributed by atoms with Crippen LogP contribution in [0.15, 0.2) is 54.6 Å². The first kappa shape index (κ1) is 16.0. The fourth-order valence-electron chi connectivity index (χ4n) is 2.17. The van der Waals surface area contributed by atoms with Crippen LogP contribution in [-0.4, -0.2) is 12.0 Å². The average Bonchev–Trinajstić information content (AvgIpc) is 2.55. The van der Waals surface area contributed by atoms with Crippen molar-refractivity contribution in [3.63, 3.8) is 0 Å². The predicted octanol–water partition coefficient (Wildman–Crippen LogP) is 3.86. The van der Waals surface area contributed by atoms with E-state index in [9.17, 15) is 9.18 Å². The van der Waals surface area contributed by atoms with Crippen LogP contribution < -0.4 is 10.1 Å². The van der Waals surface area contributed by atoms with E-state index in [1.165, 1.54) is 24.3 Å². The maximum Gasteiger partial charge on any atom is 0.261 e. The number of amides is 1. The Kier molecular flexibility index (Phi) is 5.53. The van der Waals surface area contributed by atoms with Gasteiger partial charge in [0.15, 0.2) is 6.10 Å². The van der Waals surface area contributed by atoms with Crippen molar-refractivity contribution in [2.45, 2.75) is 32.4 Å². The summed E-state index contributed by atoms with van der Waals surface area (Å²) in [5.41, 5.74) is 1.06. The molecule has 0 fully saturated rings. The molecule has 4 heteroatoms. The maximum atomic E-state index is 12.9. The zero-order valence-electron chi connectivity index (χ0n) is 12.8. The molecule has 116 valence electrons. The number of halogens is 1. The van der Waals surface area contributed by atoms with Gasteiger partial charge in [0, 0.05) is 0 Å². The summed E-state index contributed by atoms with van der Waals surface area (Å²) in [6, 6.07) is 15.4. The number of nitrogens with one attached hydrogen (secondary N) is 1. The fourth-order valence-corrected chi connectivity index (χ4v) is 2.17. The van der Waals surface area contributed by atoms with Gasteiger partial charge in [-0.2, -0.15) is 0 Å². The summed E-state index contributed by atoms with van der Waals surface area (Å²) in [6.07, 6.45) is 0.141. The van der Waals surface area contributed by atoms with E-state index < -0.39 is 6.10 Å². The highest BCUT2D eigenvalue weighted by molar-refractivity contribution is 5.81. The molecule has 0 aliphatic carbocycles. The zero-order valence-corrected chi connectivity index (χ0v) is 12.8. The number of benzene rings is 2. The van der Waals surface area contributed by atoms with Crippen LogP contribution in [0.25, 0.3) is 0 Å². The van der Waals surface area contributed by atoms with E-state index in [1.807, 2.05) is 37.3 Å². The molecule has 0 aliphatic heterocycles. The van der Waals surface area contributed by atoms with Gasteiger partial charge in [-0.05, 0) is 43.2 Å². The first-order chi connectivity index (χ1) is 10.6. The predicted molar refractivity (Wildman–Crippen MR) is 84.1 cm³/mol. The molecule has 0 heterocycles. The molecule has 0 saturated carbocycles. The lowest BCUT2D eigenvalue weighted by Crippen LogP contribution is -2.38. The minimum absolute atomic E-state index is 0.0482. The summed E-state index contributed by atoms with van der Waals surface area (Å²) in [5, 5.41) is 2.98. The van der Waals surface area contributed by atoms with Crippen LogP contribution >= 0.6 is 0 Å². The van der Waals surface area contributed by atoms with Crippen LogP contribution in [0, 0.1) is 5.82 Å². The first-order valence-electron chi connectivity index (χ1n) is 7.37. The van der Waals surface area contributed by atoms with E-state index in [0.717, 1.165) is 12.0 Å². The lowest BCUT2D eigenvalue weighted by molar-refractivity contribution is -0.128. The Hall–Kier alpha value is -2.36. The Morgan fingerprint density at radius 2 is 1.77 bits per heavy atom. The van der Waals surface area contributed by atoms with Crippen LogP contribution in [0.1, 0.15) is 31.9 Å². The third kappa shape index (κ3) is 4.32. The second-order valence-electron chi connectivity index (χ2n) is 5.09. The fraction of sp³-hybridized carbons (Fsp3) is 0.278. The van der Waals surface area contributed by atoms with Gasteiger partial charge in [-0.3, -0.25) is 4.79 Å². The summed E-state index contributed by atoms with van der Waals surface area (Å²) in [5.74, 6) is -0.0589. The monoisotopic (exact) mass is 301 g/mol. The van der Waals surface area contributed by atoms with E-state index in [1.54, 1.807) is 6.92 Å². The van der Waals surface area contributed by atoms with Crippen molar-refractivity contribution < 1.29 is 13.9 Å². The lowest BCUT2D eigenvalue weighted by Gasteiger charge is -2.21. The Bertz CT molecular complexity index is 598. The van der Waals surface area contributed by atoms with Gasteiger partial charge in [0.25, 0.3) is 5.91 Å². The number of carbonyl (C=O) groups is 1. The highest BCUT2D eigenvalue weighted by Crippen LogP contribution is 2.17. The summed E-state index contributed by atoms with van der Waals surface area (Å²) in [6.45, 7) is 3.69. The normalized spacial score (nSPS) is 13.2. The van der Waals surface area contributed by atoms with Crippen molar-refractivity contribution in [2.75, 3.05) is 0 Å². The summed E-state index contributed by atoms with van der Waals surface area (Å²) in [7, 11) is 0. The summed E-state index contributed by atoms with van der Waals surface area (Å²) in [4.78, 5) is 12.2. The topological polar surface area (TPSA) is 38.3 Å². The SMILES string of the molecule is CC[C@@H](NC(=O)[C@H](C)Oc1ccc(F)cc1)c1ccccc1. The number of carbonyl (C=O) groups excluding carboxylic acids is 1. The molecule has 2 atom stereocenters. The van der Waals surface area contributed by atoms with E-state index >= 15 is 0 Å². The second kappa shape index (κ2) is 7.59. The van der Waals surface area contributed by atoms with Gasteiger partial charge in [0.05, 0.1) is 6.04 Å². The van der Waals surface area contributed by atoms with Gasteiger partial charge in [-0.15, -0.1) is 0 Å². The van der Waals surface area contributed by atoms with Crippen molar-refractivity contribution in [1.29, 1.82) is 0 Å². The largest absolute Gasteiger partial charge is 0.481 e. The second-order valence-corrected chi connectivity index (χ2v) is 5.09. The van der Waals surface area contributed by atoms with Crippen LogP contribution in [-0.2, 0) is 4.79 Å². The molecule has 2 rings (SSSR count). The van der Waals surface area contributed by atoms with Gasteiger partial charge < -0.3 is 10.1 Å². The molecule has 0 spiro atoms. The van der Waals surface area contributed by atoms with Crippen LogP contribution in [0.2, 0.25) is 0 Å². The zero-order chi connectivity index (χ0) is 15.9. The van der Waals surface area contributed by atoms with Crippen molar-refractivity contribution in [1.82, 2.24) is 5.32 Å². The molecule has 0 saturated heterocycles. The highest BCUT2D eigenvalue weighted by atomic mass is 19.1. The molecule has 22 heavy (non-hydrogen) atoms. The van der Waals surface area contributed by atoms with E-state index in [0.29, 0.717) is 5.75 Å². The van der Waals surface area contributed by atoms with Crippen LogP contribution in [0.3, 0.4) is 0 Å². The van der Waals surface area contributed by atoms with E-state index in [-0.39, 0.29) is 17.8 Å². The molecule has 3 nitrogen and oxygen atoms in total. The number of ether oxygens (including phenoxy) is 1. The highest BCUT2D eigenvalue weighted by Gasteiger charge is 2.19. The number of hydrogen-bond donors (Lipinski definition) is 1. The molecule has 1 amide bonds. The third-order valence-corrected chi connectivity index (χ3v) is 3.42. The van der Waals surface area contributed by atoms with Crippen molar-refractivity contribution in [2.24, 2.45) is 0 Å². The minimum atomic E-state index is -0.650. The third-order valence-electron chi connectivity index (χ3n) is 3.42. The van der Waals surface area contributed by atoms with E-state index in [2.05, 4.69) is 5.32 Å². The Balaban J connectivity index is 1.96. The molecule has 0 unspecified atom stereocenters. The Morgan fingerprint density at radius 1 is 1.14 bits per heavy atom. The summed E-state index contributed by atoms with van der Waals surface area (Å²) >= 11 is 0. The number of rotatable bonds is 6. The molecule has 0 aliphatic rings. The smallest absolute Gasteiger partial charge is 0.261 e. The van der Waals surface area contributed by atoms with Gasteiger partial charge in [-0.1, -0.05) is 37.3 Å². The standard InChI is InChI=1S/C18H20FNO2/c1-3-17(14-7-5-4-6-8-14)20-18(21)13(2)22-16-11-9-15(19)10-12-16/h4-13,17H,3H2,1-2H3,(H,20,21)/t13-,17+/m0/s1.